The van der Waals surface area contributed by atoms with Crippen molar-refractivity contribution in [2.75, 3.05) is 0 Å². The number of benzene rings is 1. The lowest BCUT2D eigenvalue weighted by Crippen LogP contribution is -2.59. The Morgan fingerprint density at radius 1 is 1.20 bits per heavy atom. The number of carbonyl (C=O) groups excluding carboxylic acids is 1. The second-order valence-corrected chi connectivity index (χ2v) is 7.51. The molecular formula is C18H15ClN3O2S+. The maximum absolute atomic E-state index is 13.0. The van der Waals surface area contributed by atoms with E-state index in [9.17, 15) is 10.0 Å². The Morgan fingerprint density at radius 3 is 2.68 bits per heavy atom. The van der Waals surface area contributed by atoms with E-state index >= 15 is 0 Å². The molecule has 1 aliphatic rings. The zero-order valence-corrected chi connectivity index (χ0v) is 14.7. The highest BCUT2D eigenvalue weighted by Crippen LogP contribution is 2.33. The lowest BCUT2D eigenvalue weighted by molar-refractivity contribution is -0.764. The fourth-order valence-corrected chi connectivity index (χ4v) is 4.18. The van der Waals surface area contributed by atoms with Crippen LogP contribution < -0.4 is 4.57 Å². The molecular weight excluding hydrogens is 358 g/mol. The summed E-state index contributed by atoms with van der Waals surface area (Å²) < 4.78 is 2.26. The minimum Gasteiger partial charge on any atom is -0.307 e. The van der Waals surface area contributed by atoms with Crippen molar-refractivity contribution in [3.63, 3.8) is 0 Å². The summed E-state index contributed by atoms with van der Waals surface area (Å²) in [6, 6.07) is 14.0. The van der Waals surface area contributed by atoms with Gasteiger partial charge in [-0.3, -0.25) is 4.79 Å². The fraction of sp³-hybridized carbons (Fsp3) is 0.167. The SMILES string of the molecule is O=C1c2cccc[n+]2C(Cc2cnc(Cl)s2)N(O)C1c1ccccc1. The number of carbonyl (C=O) groups is 1. The highest BCUT2D eigenvalue weighted by molar-refractivity contribution is 7.15. The van der Waals surface area contributed by atoms with Crippen LogP contribution in [-0.4, -0.2) is 21.0 Å². The maximum Gasteiger partial charge on any atom is 0.252 e. The summed E-state index contributed by atoms with van der Waals surface area (Å²) >= 11 is 7.31. The van der Waals surface area contributed by atoms with E-state index in [0.29, 0.717) is 16.6 Å². The van der Waals surface area contributed by atoms with Gasteiger partial charge in [-0.15, -0.1) is 16.4 Å². The summed E-state index contributed by atoms with van der Waals surface area (Å²) in [6.45, 7) is 0. The van der Waals surface area contributed by atoms with Crippen molar-refractivity contribution < 1.29 is 14.6 Å². The number of fused-ring (bicyclic) bond motifs is 1. The van der Waals surface area contributed by atoms with Crippen LogP contribution in [-0.2, 0) is 6.42 Å². The van der Waals surface area contributed by atoms with Crippen molar-refractivity contribution in [2.45, 2.75) is 18.6 Å². The quantitative estimate of drug-likeness (QED) is 0.715. The van der Waals surface area contributed by atoms with Crippen molar-refractivity contribution >= 4 is 28.7 Å². The van der Waals surface area contributed by atoms with Crippen LogP contribution in [0.5, 0.6) is 0 Å². The van der Waals surface area contributed by atoms with Crippen molar-refractivity contribution in [3.8, 4) is 0 Å². The van der Waals surface area contributed by atoms with Crippen LogP contribution in [0.4, 0.5) is 0 Å². The largest absolute Gasteiger partial charge is 0.307 e. The van der Waals surface area contributed by atoms with Crippen molar-refractivity contribution in [2.24, 2.45) is 0 Å². The van der Waals surface area contributed by atoms with Crippen LogP contribution in [0.3, 0.4) is 0 Å². The van der Waals surface area contributed by atoms with Gasteiger partial charge >= 0.3 is 0 Å². The first-order valence-electron chi connectivity index (χ1n) is 7.82. The number of hydroxylamine groups is 2. The first kappa shape index (κ1) is 16.4. The van der Waals surface area contributed by atoms with Gasteiger partial charge in [-0.2, -0.15) is 4.57 Å². The standard InChI is InChI=1S/C18H15ClN3O2S/c19-18-20-11-13(25-18)10-15-21-9-5-4-8-14(21)17(23)16(22(15)24)12-6-2-1-3-7-12/h1-9,11,15-16,24H,10H2/q+1. The molecule has 0 spiro atoms. The first-order valence-corrected chi connectivity index (χ1v) is 9.01. The van der Waals surface area contributed by atoms with E-state index < -0.39 is 12.2 Å². The topological polar surface area (TPSA) is 57.3 Å². The Bertz CT molecular complexity index is 915. The van der Waals surface area contributed by atoms with Gasteiger partial charge in [-0.1, -0.05) is 41.9 Å². The van der Waals surface area contributed by atoms with Gasteiger partial charge in [0.15, 0.2) is 10.7 Å². The Balaban J connectivity index is 1.79. The van der Waals surface area contributed by atoms with Crippen LogP contribution in [0.1, 0.15) is 33.1 Å². The molecule has 126 valence electrons. The molecule has 3 heterocycles. The minimum absolute atomic E-state index is 0.132. The second-order valence-electron chi connectivity index (χ2n) is 5.81. The highest BCUT2D eigenvalue weighted by Gasteiger charge is 2.46. The zero-order valence-electron chi connectivity index (χ0n) is 13.1. The van der Waals surface area contributed by atoms with E-state index in [4.69, 9.17) is 11.6 Å². The summed E-state index contributed by atoms with van der Waals surface area (Å²) in [5, 5.41) is 12.0. The molecule has 0 bridgehead atoms. The van der Waals surface area contributed by atoms with Crippen molar-refractivity contribution in [1.82, 2.24) is 10.0 Å². The molecule has 1 aliphatic heterocycles. The summed E-state index contributed by atoms with van der Waals surface area (Å²) in [5.41, 5.74) is 1.33. The number of ketones is 1. The third kappa shape index (κ3) is 2.98. The van der Waals surface area contributed by atoms with Crippen LogP contribution in [0.2, 0.25) is 4.47 Å². The molecule has 0 saturated heterocycles. The monoisotopic (exact) mass is 372 g/mol. The first-order chi connectivity index (χ1) is 12.1. The number of hydrogen-bond acceptors (Lipinski definition) is 5. The van der Waals surface area contributed by atoms with E-state index in [2.05, 4.69) is 4.98 Å². The molecule has 0 amide bonds. The summed E-state index contributed by atoms with van der Waals surface area (Å²) in [4.78, 5) is 18.0. The fourth-order valence-electron chi connectivity index (χ4n) is 3.17. The summed E-state index contributed by atoms with van der Waals surface area (Å²) in [7, 11) is 0. The smallest absolute Gasteiger partial charge is 0.252 e. The third-order valence-corrected chi connectivity index (χ3v) is 5.44. The average molecular weight is 373 g/mol. The van der Waals surface area contributed by atoms with Crippen molar-refractivity contribution in [3.05, 3.63) is 81.5 Å². The van der Waals surface area contributed by atoms with E-state index in [-0.39, 0.29) is 5.78 Å². The van der Waals surface area contributed by atoms with Gasteiger partial charge in [-0.25, -0.2) is 4.98 Å². The van der Waals surface area contributed by atoms with Crippen LogP contribution in [0.15, 0.2) is 60.9 Å². The normalized spacial score (nSPS) is 20.5. The number of halogens is 1. The van der Waals surface area contributed by atoms with Crippen molar-refractivity contribution in [1.29, 1.82) is 0 Å². The van der Waals surface area contributed by atoms with Gasteiger partial charge in [-0.05, 0) is 11.6 Å². The predicted octanol–water partition coefficient (Wildman–Crippen LogP) is 3.45. The number of pyridine rings is 1. The second kappa shape index (κ2) is 6.65. The molecule has 7 heteroatoms. The molecule has 2 aromatic heterocycles. The number of thiazole rings is 1. The molecule has 0 radical (unpaired) electrons. The zero-order chi connectivity index (χ0) is 17.4. The maximum atomic E-state index is 13.0. The van der Waals surface area contributed by atoms with Gasteiger partial charge < -0.3 is 5.21 Å². The molecule has 2 unspecified atom stereocenters. The molecule has 1 N–H and O–H groups in total. The lowest BCUT2D eigenvalue weighted by Gasteiger charge is -2.32. The van der Waals surface area contributed by atoms with Gasteiger partial charge in [0.05, 0.1) is 6.42 Å². The predicted molar refractivity (Wildman–Crippen MR) is 93.6 cm³/mol. The number of nitrogens with zero attached hydrogens (tertiary/aromatic N) is 3. The minimum atomic E-state index is -0.739. The molecule has 1 aromatic carbocycles. The molecule has 0 fully saturated rings. The van der Waals surface area contributed by atoms with E-state index in [1.54, 1.807) is 16.8 Å². The average Bonchev–Trinajstić information content (AvgIpc) is 3.05. The molecule has 25 heavy (non-hydrogen) atoms. The number of rotatable bonds is 3. The number of aromatic nitrogens is 2. The lowest BCUT2D eigenvalue weighted by atomic mass is 9.96. The summed E-state index contributed by atoms with van der Waals surface area (Å²) in [6.07, 6.45) is 3.60. The highest BCUT2D eigenvalue weighted by atomic mass is 35.5. The van der Waals surface area contributed by atoms with Crippen LogP contribution in [0.25, 0.3) is 0 Å². The Morgan fingerprint density at radius 2 is 1.96 bits per heavy atom. The molecule has 2 atom stereocenters. The van der Waals surface area contributed by atoms with Gasteiger partial charge in [0.1, 0.15) is 6.04 Å². The van der Waals surface area contributed by atoms with Gasteiger partial charge in [0.2, 0.25) is 6.17 Å². The molecule has 4 rings (SSSR count). The van der Waals surface area contributed by atoms with Gasteiger partial charge in [0.25, 0.3) is 11.5 Å². The van der Waals surface area contributed by atoms with Gasteiger partial charge in [0, 0.05) is 23.2 Å². The molecule has 0 aliphatic carbocycles. The molecule has 3 aromatic rings. The molecule has 5 nitrogen and oxygen atoms in total. The third-order valence-electron chi connectivity index (χ3n) is 4.31. The number of hydrogen-bond donors (Lipinski definition) is 1. The Labute approximate surface area is 153 Å². The van der Waals surface area contributed by atoms with E-state index in [1.807, 2.05) is 48.7 Å². The number of Topliss-reactive ketones (excluding diaryl/α,β-unsaturated/α-hetero) is 1. The van der Waals surface area contributed by atoms with E-state index in [0.717, 1.165) is 15.5 Å². The van der Waals surface area contributed by atoms with E-state index in [1.165, 1.54) is 11.3 Å². The summed E-state index contributed by atoms with van der Waals surface area (Å²) in [5.74, 6) is -0.132. The Hall–Kier alpha value is -2.12. The molecule has 0 saturated carbocycles. The Kier molecular flexibility index (Phi) is 4.35. The van der Waals surface area contributed by atoms with Crippen LogP contribution >= 0.6 is 22.9 Å². The van der Waals surface area contributed by atoms with Crippen LogP contribution in [0, 0.1) is 0 Å².